The minimum atomic E-state index is -4.44. The first-order chi connectivity index (χ1) is 8.36. The number of halogens is 4. The van der Waals surface area contributed by atoms with E-state index in [1.54, 1.807) is 0 Å². The first kappa shape index (κ1) is 13.5. The molecule has 1 atom stereocenters. The molecule has 7 heteroatoms. The van der Waals surface area contributed by atoms with Crippen LogP contribution in [0.4, 0.5) is 18.9 Å². The van der Waals surface area contributed by atoms with Gasteiger partial charge in [0.2, 0.25) is 0 Å². The van der Waals surface area contributed by atoms with Crippen LogP contribution >= 0.6 is 23.4 Å². The fourth-order valence-electron chi connectivity index (χ4n) is 1.52. The van der Waals surface area contributed by atoms with E-state index in [1.165, 1.54) is 23.9 Å². The van der Waals surface area contributed by atoms with Gasteiger partial charge in [-0.1, -0.05) is 30.3 Å². The Balaban J connectivity index is 2.28. The molecule has 0 aromatic heterocycles. The summed E-state index contributed by atoms with van der Waals surface area (Å²) in [6.45, 7) is 2.58. The Kier molecular flexibility index (Phi) is 3.77. The molecule has 0 bridgehead atoms. The number of benzene rings is 1. The molecule has 0 saturated heterocycles. The van der Waals surface area contributed by atoms with Crippen LogP contribution in [0.25, 0.3) is 0 Å². The third kappa shape index (κ3) is 3.11. The lowest BCUT2D eigenvalue weighted by Gasteiger charge is -2.14. The van der Waals surface area contributed by atoms with Gasteiger partial charge in [-0.25, -0.2) is 0 Å². The Bertz CT molecular complexity index is 488. The molecule has 0 saturated carbocycles. The lowest BCUT2D eigenvalue weighted by atomic mass is 10.1. The van der Waals surface area contributed by atoms with Gasteiger partial charge >= 0.3 is 6.18 Å². The summed E-state index contributed by atoms with van der Waals surface area (Å²) in [6, 6.07) is 3.65. The van der Waals surface area contributed by atoms with E-state index in [2.05, 4.69) is 10.3 Å². The van der Waals surface area contributed by atoms with Crippen LogP contribution in [0, 0.1) is 0 Å². The first-order valence-electron chi connectivity index (χ1n) is 5.21. The molecule has 1 aliphatic heterocycles. The number of rotatable bonds is 1. The van der Waals surface area contributed by atoms with Crippen molar-refractivity contribution in [3.05, 3.63) is 28.8 Å². The molecule has 1 aromatic carbocycles. The van der Waals surface area contributed by atoms with Crippen LogP contribution in [-0.4, -0.2) is 17.0 Å². The van der Waals surface area contributed by atoms with Gasteiger partial charge in [0.1, 0.15) is 0 Å². The standard InChI is InChI=1S/C11H10ClF3N2S/c1-6-5-16-10(18-6)17-9-3-2-7(12)4-8(9)11(13,14)15/h2-4,6H,5H2,1H3,(H,16,17). The van der Waals surface area contributed by atoms with Crippen LogP contribution in [-0.2, 0) is 6.18 Å². The van der Waals surface area contributed by atoms with E-state index < -0.39 is 11.7 Å². The Morgan fingerprint density at radius 3 is 2.72 bits per heavy atom. The molecular formula is C11H10ClF3N2S. The van der Waals surface area contributed by atoms with Crippen LogP contribution < -0.4 is 5.32 Å². The Morgan fingerprint density at radius 2 is 2.17 bits per heavy atom. The van der Waals surface area contributed by atoms with Gasteiger partial charge in [0.25, 0.3) is 0 Å². The molecule has 0 amide bonds. The number of hydrogen-bond donors (Lipinski definition) is 1. The maximum atomic E-state index is 12.8. The van der Waals surface area contributed by atoms with E-state index in [0.29, 0.717) is 11.7 Å². The summed E-state index contributed by atoms with van der Waals surface area (Å²) >= 11 is 7.02. The zero-order valence-electron chi connectivity index (χ0n) is 9.38. The zero-order chi connectivity index (χ0) is 13.3. The molecule has 1 aliphatic rings. The molecule has 0 spiro atoms. The maximum Gasteiger partial charge on any atom is 0.418 e. The zero-order valence-corrected chi connectivity index (χ0v) is 11.0. The van der Waals surface area contributed by atoms with Crippen molar-refractivity contribution in [3.8, 4) is 0 Å². The molecule has 2 rings (SSSR count). The molecule has 0 fully saturated rings. The molecule has 2 nitrogen and oxygen atoms in total. The highest BCUT2D eigenvalue weighted by atomic mass is 35.5. The highest BCUT2D eigenvalue weighted by Gasteiger charge is 2.34. The van der Waals surface area contributed by atoms with Crippen LogP contribution in [0.15, 0.2) is 23.2 Å². The summed E-state index contributed by atoms with van der Waals surface area (Å²) < 4.78 is 38.5. The second kappa shape index (κ2) is 5.01. The SMILES string of the molecule is CC1CN=C(Nc2ccc(Cl)cc2C(F)(F)F)S1. The van der Waals surface area contributed by atoms with Crippen molar-refractivity contribution in [2.24, 2.45) is 4.99 Å². The second-order valence-corrected chi connectivity index (χ2v) is 5.75. The number of thioether (sulfide) groups is 1. The summed E-state index contributed by atoms with van der Waals surface area (Å²) in [7, 11) is 0. The lowest BCUT2D eigenvalue weighted by molar-refractivity contribution is -0.136. The quantitative estimate of drug-likeness (QED) is 0.837. The minimum absolute atomic E-state index is 0.0211. The number of alkyl halides is 3. The first-order valence-corrected chi connectivity index (χ1v) is 6.47. The molecule has 1 N–H and O–H groups in total. The summed E-state index contributed by atoms with van der Waals surface area (Å²) in [5.41, 5.74) is -0.801. The molecule has 1 aromatic rings. The smallest absolute Gasteiger partial charge is 0.334 e. The van der Waals surface area contributed by atoms with E-state index in [-0.39, 0.29) is 16.0 Å². The normalized spacial score (nSPS) is 19.8. The topological polar surface area (TPSA) is 24.4 Å². The van der Waals surface area contributed by atoms with E-state index in [9.17, 15) is 13.2 Å². The van der Waals surface area contributed by atoms with Crippen molar-refractivity contribution in [1.82, 2.24) is 0 Å². The van der Waals surface area contributed by atoms with Crippen molar-refractivity contribution in [3.63, 3.8) is 0 Å². The number of nitrogens with zero attached hydrogens (tertiary/aromatic N) is 1. The molecule has 98 valence electrons. The second-order valence-electron chi connectivity index (χ2n) is 3.89. The fraction of sp³-hybridized carbons (Fsp3) is 0.364. The van der Waals surface area contributed by atoms with E-state index in [1.807, 2.05) is 6.92 Å². The Labute approximate surface area is 112 Å². The van der Waals surface area contributed by atoms with E-state index in [0.717, 1.165) is 6.07 Å². The summed E-state index contributed by atoms with van der Waals surface area (Å²) in [4.78, 5) is 4.13. The summed E-state index contributed by atoms with van der Waals surface area (Å²) in [5.74, 6) is 0. The maximum absolute atomic E-state index is 12.8. The average Bonchev–Trinajstić information content (AvgIpc) is 2.65. The average molecular weight is 295 g/mol. The van der Waals surface area contributed by atoms with Crippen LogP contribution in [0.5, 0.6) is 0 Å². The molecule has 0 radical (unpaired) electrons. The van der Waals surface area contributed by atoms with Gasteiger partial charge < -0.3 is 5.32 Å². The van der Waals surface area contributed by atoms with Crippen LogP contribution in [0.2, 0.25) is 5.02 Å². The largest absolute Gasteiger partial charge is 0.418 e. The number of anilines is 1. The molecule has 18 heavy (non-hydrogen) atoms. The van der Waals surface area contributed by atoms with Gasteiger partial charge in [-0.2, -0.15) is 13.2 Å². The highest BCUT2D eigenvalue weighted by Crippen LogP contribution is 2.37. The van der Waals surface area contributed by atoms with Crippen LogP contribution in [0.1, 0.15) is 12.5 Å². The third-order valence-electron chi connectivity index (χ3n) is 2.33. The molecule has 0 aliphatic carbocycles. The van der Waals surface area contributed by atoms with Crippen molar-refractivity contribution in [2.45, 2.75) is 18.3 Å². The molecular weight excluding hydrogens is 285 g/mol. The van der Waals surface area contributed by atoms with Crippen molar-refractivity contribution < 1.29 is 13.2 Å². The number of amidine groups is 1. The van der Waals surface area contributed by atoms with Crippen LogP contribution in [0.3, 0.4) is 0 Å². The van der Waals surface area contributed by atoms with E-state index >= 15 is 0 Å². The molecule has 1 unspecified atom stereocenters. The van der Waals surface area contributed by atoms with Gasteiger partial charge in [0.15, 0.2) is 5.17 Å². The van der Waals surface area contributed by atoms with Gasteiger partial charge in [-0.15, -0.1) is 0 Å². The predicted octanol–water partition coefficient (Wildman–Crippen LogP) is 4.26. The van der Waals surface area contributed by atoms with Crippen molar-refractivity contribution in [1.29, 1.82) is 0 Å². The van der Waals surface area contributed by atoms with Crippen molar-refractivity contribution >= 4 is 34.2 Å². The minimum Gasteiger partial charge on any atom is -0.334 e. The molecule has 1 heterocycles. The lowest BCUT2D eigenvalue weighted by Crippen LogP contribution is -2.13. The van der Waals surface area contributed by atoms with Gasteiger partial charge in [0, 0.05) is 10.3 Å². The number of hydrogen-bond acceptors (Lipinski definition) is 3. The van der Waals surface area contributed by atoms with E-state index in [4.69, 9.17) is 11.6 Å². The monoisotopic (exact) mass is 294 g/mol. The fourth-order valence-corrected chi connectivity index (χ4v) is 2.54. The van der Waals surface area contributed by atoms with Gasteiger partial charge in [0.05, 0.1) is 17.8 Å². The number of nitrogens with one attached hydrogen (secondary N) is 1. The Hall–Kier alpha value is -0.880. The third-order valence-corrected chi connectivity index (χ3v) is 3.57. The van der Waals surface area contributed by atoms with Gasteiger partial charge in [-0.05, 0) is 18.2 Å². The van der Waals surface area contributed by atoms with Gasteiger partial charge in [-0.3, -0.25) is 4.99 Å². The summed E-state index contributed by atoms with van der Waals surface area (Å²) in [5, 5.41) is 3.56. The highest BCUT2D eigenvalue weighted by molar-refractivity contribution is 8.15. The Morgan fingerprint density at radius 1 is 1.44 bits per heavy atom. The number of aliphatic imine (C=N–C) groups is 1. The predicted molar refractivity (Wildman–Crippen MR) is 69.4 cm³/mol. The summed E-state index contributed by atoms with van der Waals surface area (Å²) in [6.07, 6.45) is -4.44. The van der Waals surface area contributed by atoms with Crippen molar-refractivity contribution in [2.75, 3.05) is 11.9 Å².